The fourth-order valence-corrected chi connectivity index (χ4v) is 6.42. The van der Waals surface area contributed by atoms with Crippen LogP contribution in [0, 0.1) is 0 Å². The maximum absolute atomic E-state index is 11.6. The van der Waals surface area contributed by atoms with Gasteiger partial charge in [0.2, 0.25) is 0 Å². The second kappa shape index (κ2) is 15.1. The van der Waals surface area contributed by atoms with Crippen LogP contribution in [0.4, 0.5) is 5.82 Å². The summed E-state index contributed by atoms with van der Waals surface area (Å²) in [5, 5.41) is 2.70. The Hall–Kier alpha value is -4.32. The highest BCUT2D eigenvalue weighted by molar-refractivity contribution is 7.86. The summed E-state index contributed by atoms with van der Waals surface area (Å²) in [7, 11) is -5.68. The Labute approximate surface area is 288 Å². The largest absolute Gasteiger partial charge is 0.493 e. The molecule has 0 amide bonds. The number of ether oxygens (including phenoxy) is 3. The van der Waals surface area contributed by atoms with Crippen LogP contribution in [0.3, 0.4) is 0 Å². The van der Waals surface area contributed by atoms with E-state index in [0.717, 1.165) is 16.3 Å². The minimum atomic E-state index is -4.39. The van der Waals surface area contributed by atoms with Crippen molar-refractivity contribution in [3.05, 3.63) is 77.7 Å². The molecule has 0 aliphatic carbocycles. The summed E-state index contributed by atoms with van der Waals surface area (Å²) in [5.74, 6) is 0.319. The standard InChI is InChI=1S/C32H34ClN5O9S2/c1-45-30-14-26-25-13-28(37-32(34)27(25)18-36-29(26)15-31(30)46-2)21-12-24(17-35-16-21)47-19-23(11-20-3-5-22(33)6-4-20)38(7-9-48(39,40)41)8-10-49(42,43)44/h3-6,12-18,23H,7-11,19H2,1-2H3,(H2,34,37)(H,39,40,41)(H,42,43,44). The van der Waals surface area contributed by atoms with Gasteiger partial charge in [-0.3, -0.25) is 24.0 Å². The predicted molar refractivity (Wildman–Crippen MR) is 187 cm³/mol. The first-order valence-electron chi connectivity index (χ1n) is 14.8. The number of rotatable bonds is 15. The summed E-state index contributed by atoms with van der Waals surface area (Å²) in [6.07, 6.45) is 5.02. The lowest BCUT2D eigenvalue weighted by molar-refractivity contribution is 0.145. The van der Waals surface area contributed by atoms with Crippen molar-refractivity contribution in [1.82, 2.24) is 19.9 Å². The molecule has 5 aromatic rings. The molecule has 1 unspecified atom stereocenters. The first-order valence-corrected chi connectivity index (χ1v) is 18.4. The Bertz CT molecular complexity index is 2150. The molecule has 0 saturated carbocycles. The molecule has 0 aliphatic heterocycles. The Balaban J connectivity index is 1.47. The molecule has 3 heterocycles. The number of nitrogen functional groups attached to an aromatic ring is 1. The molecule has 1 atom stereocenters. The van der Waals surface area contributed by atoms with Crippen molar-refractivity contribution >= 4 is 59.3 Å². The third-order valence-electron chi connectivity index (χ3n) is 7.84. The number of methoxy groups -OCH3 is 2. The molecule has 3 aromatic heterocycles. The number of fused-ring (bicyclic) bond motifs is 3. The molecule has 2 aromatic carbocycles. The summed E-state index contributed by atoms with van der Waals surface area (Å²) >= 11 is 6.06. The molecule has 0 aliphatic rings. The van der Waals surface area contributed by atoms with E-state index in [9.17, 15) is 25.9 Å². The highest BCUT2D eigenvalue weighted by Gasteiger charge is 2.24. The average molecular weight is 732 g/mol. The molecule has 0 fully saturated rings. The fraction of sp³-hybridized carbons (Fsp3) is 0.281. The van der Waals surface area contributed by atoms with E-state index in [4.69, 9.17) is 31.5 Å². The molecule has 0 bridgehead atoms. The molecule has 0 radical (unpaired) electrons. The van der Waals surface area contributed by atoms with Gasteiger partial charge in [0.25, 0.3) is 20.2 Å². The Morgan fingerprint density at radius 2 is 1.51 bits per heavy atom. The molecular weight excluding hydrogens is 698 g/mol. The van der Waals surface area contributed by atoms with E-state index in [0.29, 0.717) is 50.9 Å². The first-order chi connectivity index (χ1) is 23.2. The normalized spacial score (nSPS) is 12.8. The van der Waals surface area contributed by atoms with E-state index in [-0.39, 0.29) is 25.5 Å². The fourth-order valence-electron chi connectivity index (χ4n) is 5.36. The SMILES string of the molecule is COc1cc2ncc3c(N)nc(-c4cncc(OCC(Cc5ccc(Cl)cc5)N(CCS(=O)(=O)O)CCS(=O)(=O)O)c4)cc3c2cc1OC. The summed E-state index contributed by atoms with van der Waals surface area (Å²) in [4.78, 5) is 15.0. The van der Waals surface area contributed by atoms with Gasteiger partial charge in [0.1, 0.15) is 18.2 Å². The van der Waals surface area contributed by atoms with Crippen molar-refractivity contribution in [2.24, 2.45) is 0 Å². The summed E-state index contributed by atoms with van der Waals surface area (Å²) in [5.41, 5.74) is 8.95. The van der Waals surface area contributed by atoms with Crippen molar-refractivity contribution in [3.8, 4) is 28.5 Å². The van der Waals surface area contributed by atoms with Crippen molar-refractivity contribution < 1.29 is 40.2 Å². The first kappa shape index (κ1) is 36.0. The van der Waals surface area contributed by atoms with Crippen LogP contribution in [0.15, 0.2) is 67.1 Å². The van der Waals surface area contributed by atoms with Crippen molar-refractivity contribution in [1.29, 1.82) is 0 Å². The van der Waals surface area contributed by atoms with E-state index in [1.54, 1.807) is 63.0 Å². The van der Waals surface area contributed by atoms with E-state index in [2.05, 4.69) is 15.0 Å². The monoisotopic (exact) mass is 731 g/mol. The Kier molecular flexibility index (Phi) is 11.1. The van der Waals surface area contributed by atoms with Crippen LogP contribution >= 0.6 is 11.6 Å². The number of aromatic nitrogens is 3. The summed E-state index contributed by atoms with van der Waals surface area (Å²) in [6.45, 7) is -0.502. The zero-order valence-electron chi connectivity index (χ0n) is 26.5. The lowest BCUT2D eigenvalue weighted by Gasteiger charge is -2.31. The zero-order chi connectivity index (χ0) is 35.3. The number of nitrogens with two attached hydrogens (primary N) is 1. The van der Waals surface area contributed by atoms with Gasteiger partial charge in [-0.05, 0) is 47.7 Å². The van der Waals surface area contributed by atoms with Gasteiger partial charge in [-0.2, -0.15) is 16.8 Å². The van der Waals surface area contributed by atoms with E-state index in [1.165, 1.54) is 11.1 Å². The third-order valence-corrected chi connectivity index (χ3v) is 9.49. The maximum Gasteiger partial charge on any atom is 0.266 e. The van der Waals surface area contributed by atoms with Gasteiger partial charge >= 0.3 is 0 Å². The molecule has 260 valence electrons. The molecule has 5 rings (SSSR count). The average Bonchev–Trinajstić information content (AvgIpc) is 3.06. The highest BCUT2D eigenvalue weighted by Crippen LogP contribution is 2.37. The van der Waals surface area contributed by atoms with Crippen LogP contribution in [0.25, 0.3) is 32.9 Å². The van der Waals surface area contributed by atoms with Crippen LogP contribution in [0.5, 0.6) is 17.2 Å². The van der Waals surface area contributed by atoms with Gasteiger partial charge in [-0.25, -0.2) is 4.98 Å². The van der Waals surface area contributed by atoms with Gasteiger partial charge in [-0.1, -0.05) is 23.7 Å². The topological polar surface area (TPSA) is 204 Å². The number of nitrogens with zero attached hydrogens (tertiary/aromatic N) is 4. The van der Waals surface area contributed by atoms with Crippen LogP contribution in [0.2, 0.25) is 5.02 Å². The van der Waals surface area contributed by atoms with Crippen LogP contribution in [-0.2, 0) is 26.7 Å². The number of hydrogen-bond acceptors (Lipinski definition) is 12. The number of benzene rings is 2. The van der Waals surface area contributed by atoms with E-state index < -0.39 is 37.8 Å². The molecular formula is C32H34ClN5O9S2. The van der Waals surface area contributed by atoms with Crippen LogP contribution in [-0.4, -0.2) is 97.3 Å². The van der Waals surface area contributed by atoms with Crippen molar-refractivity contribution in [3.63, 3.8) is 0 Å². The van der Waals surface area contributed by atoms with Crippen molar-refractivity contribution in [2.75, 3.05) is 51.2 Å². The molecule has 49 heavy (non-hydrogen) atoms. The smallest absolute Gasteiger partial charge is 0.266 e. The molecule has 0 saturated heterocycles. The minimum Gasteiger partial charge on any atom is -0.493 e. The van der Waals surface area contributed by atoms with Gasteiger partial charge in [0, 0.05) is 58.9 Å². The van der Waals surface area contributed by atoms with E-state index >= 15 is 0 Å². The lowest BCUT2D eigenvalue weighted by Crippen LogP contribution is -2.45. The van der Waals surface area contributed by atoms with Gasteiger partial charge in [0.15, 0.2) is 11.5 Å². The third kappa shape index (κ3) is 9.44. The molecule has 0 spiro atoms. The second-order valence-corrected chi connectivity index (χ2v) is 14.7. The molecule has 17 heteroatoms. The number of halogens is 1. The summed E-state index contributed by atoms with van der Waals surface area (Å²) in [6, 6.07) is 13.5. The van der Waals surface area contributed by atoms with E-state index in [1.807, 2.05) is 12.1 Å². The zero-order valence-corrected chi connectivity index (χ0v) is 28.9. The maximum atomic E-state index is 11.6. The van der Waals surface area contributed by atoms with Gasteiger partial charge < -0.3 is 19.9 Å². The lowest BCUT2D eigenvalue weighted by atomic mass is 10.0. The van der Waals surface area contributed by atoms with Crippen molar-refractivity contribution in [2.45, 2.75) is 12.5 Å². The predicted octanol–water partition coefficient (Wildman–Crippen LogP) is 4.17. The quantitative estimate of drug-likeness (QED) is 0.102. The minimum absolute atomic E-state index is 0.0457. The second-order valence-electron chi connectivity index (χ2n) is 11.1. The van der Waals surface area contributed by atoms with Crippen LogP contribution in [0.1, 0.15) is 5.56 Å². The number of pyridine rings is 3. The van der Waals surface area contributed by atoms with Crippen LogP contribution < -0.4 is 19.9 Å². The Morgan fingerprint density at radius 3 is 2.14 bits per heavy atom. The summed E-state index contributed by atoms with van der Waals surface area (Å²) < 4.78 is 82.4. The van der Waals surface area contributed by atoms with Gasteiger partial charge in [-0.15, -0.1) is 0 Å². The Morgan fingerprint density at radius 1 is 0.857 bits per heavy atom. The highest BCUT2D eigenvalue weighted by atomic mass is 35.5. The number of anilines is 1. The number of hydrogen-bond donors (Lipinski definition) is 3. The molecule has 4 N–H and O–H groups in total. The van der Waals surface area contributed by atoms with Gasteiger partial charge in [0.05, 0.1) is 43.1 Å². The molecule has 14 nitrogen and oxygen atoms in total.